The molecule has 1 fully saturated rings. The number of hydrogen-bond acceptors (Lipinski definition) is 3. The van der Waals surface area contributed by atoms with Crippen molar-refractivity contribution in [2.24, 2.45) is 0 Å². The molecule has 0 unspecified atom stereocenters. The summed E-state index contributed by atoms with van der Waals surface area (Å²) < 4.78 is 5.25. The second-order valence-electron chi connectivity index (χ2n) is 3.80. The lowest BCUT2D eigenvalue weighted by molar-refractivity contribution is 0.540. The Morgan fingerprint density at radius 3 is 2.73 bits per heavy atom. The molecule has 3 nitrogen and oxygen atoms in total. The summed E-state index contributed by atoms with van der Waals surface area (Å²) in [6.07, 6.45) is 1.16. The van der Waals surface area contributed by atoms with Crippen molar-refractivity contribution in [2.75, 3.05) is 18.0 Å². The molecule has 15 heavy (non-hydrogen) atoms. The first-order chi connectivity index (χ1) is 7.34. The van der Waals surface area contributed by atoms with Crippen LogP contribution in [-0.2, 0) is 0 Å². The molecular weight excluding hydrogens is 190 g/mol. The van der Waals surface area contributed by atoms with E-state index in [-0.39, 0.29) is 5.63 Å². The third-order valence-electron chi connectivity index (χ3n) is 2.82. The van der Waals surface area contributed by atoms with Gasteiger partial charge in [0, 0.05) is 18.5 Å². The van der Waals surface area contributed by atoms with Gasteiger partial charge >= 0.3 is 5.63 Å². The Morgan fingerprint density at radius 1 is 1.20 bits per heavy atom. The van der Waals surface area contributed by atoms with Gasteiger partial charge in [0.1, 0.15) is 11.3 Å². The van der Waals surface area contributed by atoms with Crippen LogP contribution in [-0.4, -0.2) is 13.1 Å². The Balaban J connectivity index is 2.22. The lowest BCUT2D eigenvalue weighted by Crippen LogP contribution is -2.39. The first-order valence-electron chi connectivity index (χ1n) is 5.12. The van der Waals surface area contributed by atoms with Gasteiger partial charge in [0.25, 0.3) is 0 Å². The third-order valence-corrected chi connectivity index (χ3v) is 2.82. The fourth-order valence-electron chi connectivity index (χ4n) is 1.83. The fourth-order valence-corrected chi connectivity index (χ4v) is 1.83. The van der Waals surface area contributed by atoms with Crippen molar-refractivity contribution in [2.45, 2.75) is 6.42 Å². The van der Waals surface area contributed by atoms with Crippen molar-refractivity contribution in [1.82, 2.24) is 0 Å². The second-order valence-corrected chi connectivity index (χ2v) is 3.80. The number of nitrogens with zero attached hydrogens (tertiary/aromatic N) is 1. The Hall–Kier alpha value is -1.77. The van der Waals surface area contributed by atoms with Gasteiger partial charge in [0.15, 0.2) is 0 Å². The zero-order valence-corrected chi connectivity index (χ0v) is 8.27. The van der Waals surface area contributed by atoms with Crippen molar-refractivity contribution in [3.8, 4) is 0 Å². The van der Waals surface area contributed by atoms with E-state index in [1.165, 1.54) is 0 Å². The summed E-state index contributed by atoms with van der Waals surface area (Å²) in [5.74, 6) is 0. The number of benzene rings is 1. The summed E-state index contributed by atoms with van der Waals surface area (Å²) in [5.41, 5.74) is 1.13. The van der Waals surface area contributed by atoms with Crippen LogP contribution in [0.5, 0.6) is 0 Å². The maximum atomic E-state index is 11.7. The number of fused-ring (bicyclic) bond motifs is 1. The van der Waals surface area contributed by atoms with Gasteiger partial charge < -0.3 is 9.32 Å². The number of rotatable bonds is 1. The van der Waals surface area contributed by atoms with E-state index in [0.717, 1.165) is 24.9 Å². The van der Waals surface area contributed by atoms with Gasteiger partial charge in [-0.3, -0.25) is 0 Å². The standard InChI is InChI=1S/C12H11NO2/c14-12-10(13-6-3-7-13)8-9-4-1-2-5-11(9)15-12/h1-2,4-5,8H,3,6-7H2. The molecule has 0 atom stereocenters. The van der Waals surface area contributed by atoms with Gasteiger partial charge in [-0.25, -0.2) is 4.79 Å². The quantitative estimate of drug-likeness (QED) is 0.662. The fraction of sp³-hybridized carbons (Fsp3) is 0.250. The van der Waals surface area contributed by atoms with E-state index in [0.29, 0.717) is 11.3 Å². The highest BCUT2D eigenvalue weighted by atomic mass is 16.4. The van der Waals surface area contributed by atoms with Crippen LogP contribution in [0, 0.1) is 0 Å². The maximum Gasteiger partial charge on any atom is 0.360 e. The molecule has 3 heteroatoms. The van der Waals surface area contributed by atoms with Gasteiger partial charge in [-0.15, -0.1) is 0 Å². The Morgan fingerprint density at radius 2 is 2.00 bits per heavy atom. The molecule has 0 aliphatic carbocycles. The molecule has 1 aliphatic rings. The maximum absolute atomic E-state index is 11.7. The van der Waals surface area contributed by atoms with E-state index >= 15 is 0 Å². The van der Waals surface area contributed by atoms with E-state index in [2.05, 4.69) is 4.90 Å². The van der Waals surface area contributed by atoms with Gasteiger partial charge in [0.2, 0.25) is 0 Å². The highest BCUT2D eigenvalue weighted by molar-refractivity contribution is 5.79. The Labute approximate surface area is 86.9 Å². The lowest BCUT2D eigenvalue weighted by atomic mass is 10.1. The van der Waals surface area contributed by atoms with Gasteiger partial charge in [-0.05, 0) is 18.6 Å². The molecular formula is C12H11NO2. The molecule has 0 saturated carbocycles. The molecule has 0 amide bonds. The molecule has 0 bridgehead atoms. The first kappa shape index (κ1) is 8.53. The number of para-hydroxylation sites is 1. The second kappa shape index (κ2) is 3.12. The zero-order valence-electron chi connectivity index (χ0n) is 8.27. The number of hydrogen-bond donors (Lipinski definition) is 0. The summed E-state index contributed by atoms with van der Waals surface area (Å²) >= 11 is 0. The predicted molar refractivity (Wildman–Crippen MR) is 59.3 cm³/mol. The molecule has 1 aromatic heterocycles. The van der Waals surface area contributed by atoms with Gasteiger partial charge in [-0.2, -0.15) is 0 Å². The normalized spacial score (nSPS) is 15.3. The van der Waals surface area contributed by atoms with E-state index in [1.54, 1.807) is 0 Å². The molecule has 2 aromatic rings. The van der Waals surface area contributed by atoms with Crippen LogP contribution in [0.2, 0.25) is 0 Å². The largest absolute Gasteiger partial charge is 0.421 e. The van der Waals surface area contributed by atoms with Crippen LogP contribution in [0.3, 0.4) is 0 Å². The van der Waals surface area contributed by atoms with Crippen LogP contribution in [0.25, 0.3) is 11.0 Å². The Kier molecular flexibility index (Phi) is 1.78. The molecule has 3 rings (SSSR count). The van der Waals surface area contributed by atoms with Crippen molar-refractivity contribution in [3.05, 3.63) is 40.8 Å². The molecule has 1 aliphatic heterocycles. The minimum Gasteiger partial charge on any atom is -0.421 e. The smallest absolute Gasteiger partial charge is 0.360 e. The van der Waals surface area contributed by atoms with Crippen molar-refractivity contribution in [3.63, 3.8) is 0 Å². The molecule has 0 N–H and O–H groups in total. The average molecular weight is 201 g/mol. The van der Waals surface area contributed by atoms with E-state index in [4.69, 9.17) is 4.42 Å². The van der Waals surface area contributed by atoms with Crippen molar-refractivity contribution >= 4 is 16.7 Å². The first-order valence-corrected chi connectivity index (χ1v) is 5.12. The molecule has 2 heterocycles. The van der Waals surface area contributed by atoms with Crippen molar-refractivity contribution in [1.29, 1.82) is 0 Å². The summed E-state index contributed by atoms with van der Waals surface area (Å²) in [6, 6.07) is 9.51. The van der Waals surface area contributed by atoms with Crippen LogP contribution < -0.4 is 10.5 Å². The minimum atomic E-state index is -0.228. The Bertz CT molecular complexity index is 555. The topological polar surface area (TPSA) is 33.5 Å². The summed E-state index contributed by atoms with van der Waals surface area (Å²) in [6.45, 7) is 1.92. The summed E-state index contributed by atoms with van der Waals surface area (Å²) in [7, 11) is 0. The molecule has 0 spiro atoms. The third kappa shape index (κ3) is 1.31. The summed E-state index contributed by atoms with van der Waals surface area (Å²) in [5, 5.41) is 0.985. The van der Waals surface area contributed by atoms with Crippen LogP contribution in [0.1, 0.15) is 6.42 Å². The van der Waals surface area contributed by atoms with Gasteiger partial charge in [-0.1, -0.05) is 18.2 Å². The van der Waals surface area contributed by atoms with E-state index in [9.17, 15) is 4.79 Å². The molecule has 1 saturated heterocycles. The zero-order chi connectivity index (χ0) is 10.3. The van der Waals surface area contributed by atoms with Crippen LogP contribution >= 0.6 is 0 Å². The van der Waals surface area contributed by atoms with Gasteiger partial charge in [0.05, 0.1) is 0 Å². The highest BCUT2D eigenvalue weighted by Gasteiger charge is 2.18. The summed E-state index contributed by atoms with van der Waals surface area (Å²) in [4.78, 5) is 13.7. The molecule has 0 radical (unpaired) electrons. The lowest BCUT2D eigenvalue weighted by Gasteiger charge is -2.31. The number of anilines is 1. The van der Waals surface area contributed by atoms with Crippen molar-refractivity contribution < 1.29 is 4.42 Å². The van der Waals surface area contributed by atoms with E-state index in [1.807, 2.05) is 30.3 Å². The molecule has 1 aromatic carbocycles. The predicted octanol–water partition coefficient (Wildman–Crippen LogP) is 2.00. The minimum absolute atomic E-state index is 0.228. The monoisotopic (exact) mass is 201 g/mol. The highest BCUT2D eigenvalue weighted by Crippen LogP contribution is 2.21. The van der Waals surface area contributed by atoms with Crippen LogP contribution in [0.15, 0.2) is 39.5 Å². The van der Waals surface area contributed by atoms with E-state index < -0.39 is 0 Å². The average Bonchev–Trinajstić information content (AvgIpc) is 2.16. The SMILES string of the molecule is O=c1oc2ccccc2cc1N1CCC1. The molecule has 76 valence electrons. The van der Waals surface area contributed by atoms with Crippen LogP contribution in [0.4, 0.5) is 5.69 Å².